The molecule has 0 unspecified atom stereocenters. The average Bonchev–Trinajstić information content (AvgIpc) is 3.18. The molecule has 0 atom stereocenters. The third-order valence-electron chi connectivity index (χ3n) is 5.14. The number of hydrogen-bond donors (Lipinski definition) is 1. The highest BCUT2D eigenvalue weighted by Gasteiger charge is 2.18. The number of methoxy groups -OCH3 is 1. The topological polar surface area (TPSA) is 89.5 Å². The Morgan fingerprint density at radius 3 is 2.55 bits per heavy atom. The van der Waals surface area contributed by atoms with E-state index in [-0.39, 0.29) is 5.91 Å². The highest BCUT2D eigenvalue weighted by molar-refractivity contribution is 7.17. The van der Waals surface area contributed by atoms with Gasteiger partial charge in [0.1, 0.15) is 22.2 Å². The quantitative estimate of drug-likeness (QED) is 0.462. The Morgan fingerprint density at radius 2 is 1.91 bits per heavy atom. The SMILES string of the molecule is COc1ccc(NC(=O)c2sc(-c3cnccn3)nc2C)cc1OCCN(C(C)C)C(C)C. The van der Waals surface area contributed by atoms with E-state index in [0.717, 1.165) is 6.54 Å². The van der Waals surface area contributed by atoms with Gasteiger partial charge in [-0.3, -0.25) is 19.7 Å². The largest absolute Gasteiger partial charge is 0.493 e. The number of carbonyl (C=O) groups excluding carboxylic acids is 1. The summed E-state index contributed by atoms with van der Waals surface area (Å²) in [5.74, 6) is 0.971. The number of ether oxygens (including phenoxy) is 2. The van der Waals surface area contributed by atoms with E-state index in [1.165, 1.54) is 11.3 Å². The van der Waals surface area contributed by atoms with Crippen LogP contribution in [0.4, 0.5) is 5.69 Å². The number of aromatic nitrogens is 3. The lowest BCUT2D eigenvalue weighted by Crippen LogP contribution is -2.39. The smallest absolute Gasteiger partial charge is 0.267 e. The average molecular weight is 470 g/mol. The van der Waals surface area contributed by atoms with Crippen molar-refractivity contribution >= 4 is 22.9 Å². The summed E-state index contributed by atoms with van der Waals surface area (Å²) in [5, 5.41) is 3.60. The Morgan fingerprint density at radius 1 is 1.15 bits per heavy atom. The summed E-state index contributed by atoms with van der Waals surface area (Å²) >= 11 is 1.29. The van der Waals surface area contributed by atoms with E-state index in [1.54, 1.807) is 43.9 Å². The molecule has 2 aromatic heterocycles. The molecule has 0 aliphatic rings. The Kier molecular flexibility index (Phi) is 8.35. The molecule has 0 saturated heterocycles. The molecule has 0 fully saturated rings. The Balaban J connectivity index is 1.71. The molecule has 0 bridgehead atoms. The van der Waals surface area contributed by atoms with Gasteiger partial charge in [-0.15, -0.1) is 11.3 Å². The van der Waals surface area contributed by atoms with Crippen LogP contribution in [0.15, 0.2) is 36.8 Å². The van der Waals surface area contributed by atoms with E-state index in [2.05, 4.69) is 52.9 Å². The molecule has 0 spiro atoms. The fourth-order valence-corrected chi connectivity index (χ4v) is 4.48. The monoisotopic (exact) mass is 469 g/mol. The molecule has 0 aliphatic heterocycles. The molecule has 176 valence electrons. The minimum atomic E-state index is -0.234. The summed E-state index contributed by atoms with van der Waals surface area (Å²) in [5.41, 5.74) is 1.90. The van der Waals surface area contributed by atoms with Crippen molar-refractivity contribution in [2.75, 3.05) is 25.6 Å². The van der Waals surface area contributed by atoms with Gasteiger partial charge in [0.25, 0.3) is 5.91 Å². The first kappa shape index (κ1) is 24.6. The van der Waals surface area contributed by atoms with Crippen LogP contribution in [0.1, 0.15) is 43.1 Å². The molecule has 33 heavy (non-hydrogen) atoms. The summed E-state index contributed by atoms with van der Waals surface area (Å²) < 4.78 is 11.5. The number of rotatable bonds is 10. The highest BCUT2D eigenvalue weighted by atomic mass is 32.1. The molecule has 1 aromatic carbocycles. The molecule has 1 N–H and O–H groups in total. The van der Waals surface area contributed by atoms with Crippen molar-refractivity contribution in [3.63, 3.8) is 0 Å². The fourth-order valence-electron chi connectivity index (χ4n) is 3.55. The Bertz CT molecular complexity index is 1060. The predicted molar refractivity (Wildman–Crippen MR) is 131 cm³/mol. The van der Waals surface area contributed by atoms with Gasteiger partial charge in [-0.2, -0.15) is 0 Å². The molecule has 2 heterocycles. The Hall–Kier alpha value is -3.04. The van der Waals surface area contributed by atoms with E-state index in [0.29, 0.717) is 57.1 Å². The van der Waals surface area contributed by atoms with Gasteiger partial charge in [0, 0.05) is 42.8 Å². The molecular weight excluding hydrogens is 438 g/mol. The molecule has 0 aliphatic carbocycles. The highest BCUT2D eigenvalue weighted by Crippen LogP contribution is 2.31. The Labute approximate surface area is 199 Å². The van der Waals surface area contributed by atoms with E-state index >= 15 is 0 Å². The van der Waals surface area contributed by atoms with E-state index in [9.17, 15) is 4.79 Å². The van der Waals surface area contributed by atoms with E-state index in [4.69, 9.17) is 9.47 Å². The first-order valence-electron chi connectivity index (χ1n) is 10.9. The fraction of sp³-hybridized carbons (Fsp3) is 0.417. The minimum absolute atomic E-state index is 0.234. The zero-order valence-corrected chi connectivity index (χ0v) is 20.8. The normalized spacial score (nSPS) is 11.3. The lowest BCUT2D eigenvalue weighted by atomic mass is 10.2. The van der Waals surface area contributed by atoms with Gasteiger partial charge in [-0.1, -0.05) is 0 Å². The lowest BCUT2D eigenvalue weighted by molar-refractivity contribution is 0.102. The van der Waals surface area contributed by atoms with Crippen LogP contribution in [-0.2, 0) is 0 Å². The maximum atomic E-state index is 12.9. The molecule has 0 saturated carbocycles. The maximum absolute atomic E-state index is 12.9. The van der Waals surface area contributed by atoms with Crippen LogP contribution in [-0.4, -0.2) is 58.1 Å². The van der Waals surface area contributed by atoms with Crippen molar-refractivity contribution < 1.29 is 14.3 Å². The number of benzene rings is 1. The van der Waals surface area contributed by atoms with Gasteiger partial charge in [0.05, 0.1) is 19.0 Å². The summed E-state index contributed by atoms with van der Waals surface area (Å²) in [6.07, 6.45) is 4.84. The number of nitrogens with one attached hydrogen (secondary N) is 1. The van der Waals surface area contributed by atoms with Crippen LogP contribution in [0, 0.1) is 6.92 Å². The molecule has 3 aromatic rings. The van der Waals surface area contributed by atoms with Crippen molar-refractivity contribution in [2.24, 2.45) is 0 Å². The molecule has 1 amide bonds. The van der Waals surface area contributed by atoms with Crippen LogP contribution in [0.2, 0.25) is 0 Å². The van der Waals surface area contributed by atoms with E-state index in [1.807, 2.05) is 6.92 Å². The van der Waals surface area contributed by atoms with Gasteiger partial charge >= 0.3 is 0 Å². The number of aryl methyl sites for hydroxylation is 1. The summed E-state index contributed by atoms with van der Waals surface area (Å²) in [7, 11) is 1.60. The van der Waals surface area contributed by atoms with Crippen LogP contribution >= 0.6 is 11.3 Å². The standard InChI is InChI=1S/C24H31N5O3S/c1-15(2)29(16(3)4)11-12-32-21-13-18(7-8-20(21)31-6)28-23(30)22-17(5)27-24(33-22)19-14-25-9-10-26-19/h7-10,13-16H,11-12H2,1-6H3,(H,28,30). The van der Waals surface area contributed by atoms with Crippen molar-refractivity contribution in [3.8, 4) is 22.2 Å². The maximum Gasteiger partial charge on any atom is 0.267 e. The van der Waals surface area contributed by atoms with Crippen molar-refractivity contribution in [1.29, 1.82) is 0 Å². The molecule has 0 radical (unpaired) electrons. The number of thiazole rings is 1. The summed E-state index contributed by atoms with van der Waals surface area (Å²) in [6.45, 7) is 11.8. The van der Waals surface area contributed by atoms with Crippen molar-refractivity contribution in [1.82, 2.24) is 19.9 Å². The van der Waals surface area contributed by atoms with Crippen LogP contribution in [0.3, 0.4) is 0 Å². The number of carbonyl (C=O) groups is 1. The number of anilines is 1. The summed E-state index contributed by atoms with van der Waals surface area (Å²) in [6, 6.07) is 6.22. The van der Waals surface area contributed by atoms with Crippen molar-refractivity contribution in [2.45, 2.75) is 46.7 Å². The summed E-state index contributed by atoms with van der Waals surface area (Å²) in [4.78, 5) is 28.6. The minimum Gasteiger partial charge on any atom is -0.493 e. The zero-order chi connectivity index (χ0) is 24.0. The number of nitrogens with zero attached hydrogens (tertiary/aromatic N) is 4. The van der Waals surface area contributed by atoms with Gasteiger partial charge in [0.15, 0.2) is 11.5 Å². The third-order valence-corrected chi connectivity index (χ3v) is 6.32. The number of amides is 1. The first-order valence-corrected chi connectivity index (χ1v) is 11.7. The van der Waals surface area contributed by atoms with Gasteiger partial charge in [-0.05, 0) is 46.8 Å². The first-order chi connectivity index (χ1) is 15.8. The molecule has 8 nitrogen and oxygen atoms in total. The van der Waals surface area contributed by atoms with Gasteiger partial charge in [-0.25, -0.2) is 4.98 Å². The van der Waals surface area contributed by atoms with Gasteiger partial charge < -0.3 is 14.8 Å². The molecular formula is C24H31N5O3S. The van der Waals surface area contributed by atoms with E-state index < -0.39 is 0 Å². The molecule has 9 heteroatoms. The third kappa shape index (κ3) is 6.27. The van der Waals surface area contributed by atoms with Gasteiger partial charge in [0.2, 0.25) is 0 Å². The predicted octanol–water partition coefficient (Wildman–Crippen LogP) is 4.67. The second-order valence-electron chi connectivity index (χ2n) is 8.12. The second kappa shape index (κ2) is 11.2. The van der Waals surface area contributed by atoms with Crippen LogP contribution in [0.5, 0.6) is 11.5 Å². The molecule has 3 rings (SSSR count). The number of hydrogen-bond acceptors (Lipinski definition) is 8. The zero-order valence-electron chi connectivity index (χ0n) is 20.0. The van der Waals surface area contributed by atoms with Crippen LogP contribution in [0.25, 0.3) is 10.7 Å². The second-order valence-corrected chi connectivity index (χ2v) is 9.12. The lowest BCUT2D eigenvalue weighted by Gasteiger charge is -2.30. The van der Waals surface area contributed by atoms with Crippen LogP contribution < -0.4 is 14.8 Å². The van der Waals surface area contributed by atoms with Crippen molar-refractivity contribution in [3.05, 3.63) is 47.4 Å².